The van der Waals surface area contributed by atoms with Crippen LogP contribution >= 0.6 is 0 Å². The van der Waals surface area contributed by atoms with Gasteiger partial charge in [-0.1, -0.05) is 0 Å². The van der Waals surface area contributed by atoms with E-state index in [0.717, 1.165) is 18.3 Å². The van der Waals surface area contributed by atoms with Crippen LogP contribution in [0.3, 0.4) is 0 Å². The minimum absolute atomic E-state index is 0.142. The Hall–Kier alpha value is -3.56. The molecule has 0 radical (unpaired) electrons. The number of nitrogens with zero attached hydrogens (tertiary/aromatic N) is 4. The number of non-ortho nitro benzene ring substituents is 1. The normalized spacial score (nSPS) is 10.5. The van der Waals surface area contributed by atoms with E-state index in [9.17, 15) is 25.3 Å². The Kier molecular flexibility index (Phi) is 4.22. The van der Waals surface area contributed by atoms with E-state index in [1.54, 1.807) is 0 Å². The number of aromatic hydroxyl groups is 1. The van der Waals surface area contributed by atoms with Crippen molar-refractivity contribution in [2.24, 2.45) is 5.10 Å². The van der Waals surface area contributed by atoms with Gasteiger partial charge in [0.25, 0.3) is 11.4 Å². The van der Waals surface area contributed by atoms with Crippen molar-refractivity contribution in [2.75, 3.05) is 5.43 Å². The van der Waals surface area contributed by atoms with Crippen LogP contribution in [0.25, 0.3) is 0 Å². The van der Waals surface area contributed by atoms with Crippen molar-refractivity contribution < 1.29 is 15.0 Å². The van der Waals surface area contributed by atoms with Gasteiger partial charge < -0.3 is 5.11 Å². The zero-order valence-electron chi connectivity index (χ0n) is 10.9. The zero-order valence-corrected chi connectivity index (χ0v) is 10.9. The number of hydrogen-bond acceptors (Lipinski definition) is 8. The van der Waals surface area contributed by atoms with Crippen LogP contribution in [0.5, 0.6) is 5.75 Å². The first-order valence-electron chi connectivity index (χ1n) is 5.84. The Morgan fingerprint density at radius 2 is 1.82 bits per heavy atom. The minimum Gasteiger partial charge on any atom is -0.507 e. The van der Waals surface area contributed by atoms with Crippen molar-refractivity contribution in [3.05, 3.63) is 62.3 Å². The van der Waals surface area contributed by atoms with Crippen LogP contribution in [0.4, 0.5) is 17.2 Å². The largest absolute Gasteiger partial charge is 0.507 e. The minimum atomic E-state index is -0.595. The van der Waals surface area contributed by atoms with E-state index in [1.165, 1.54) is 24.4 Å². The van der Waals surface area contributed by atoms with Gasteiger partial charge in [0, 0.05) is 23.8 Å². The molecule has 0 saturated heterocycles. The monoisotopic (exact) mass is 303 g/mol. The highest BCUT2D eigenvalue weighted by Gasteiger charge is 2.09. The number of benzene rings is 1. The number of nitro groups is 2. The van der Waals surface area contributed by atoms with E-state index in [-0.39, 0.29) is 28.5 Å². The first-order valence-corrected chi connectivity index (χ1v) is 5.84. The maximum atomic E-state index is 10.6. The van der Waals surface area contributed by atoms with Crippen LogP contribution in [0.2, 0.25) is 0 Å². The summed E-state index contributed by atoms with van der Waals surface area (Å²) in [5, 5.41) is 34.5. The third kappa shape index (κ3) is 3.50. The number of rotatable bonds is 5. The van der Waals surface area contributed by atoms with Crippen molar-refractivity contribution >= 4 is 23.4 Å². The van der Waals surface area contributed by atoms with Gasteiger partial charge in [-0.15, -0.1) is 0 Å². The summed E-state index contributed by atoms with van der Waals surface area (Å²) in [6.07, 6.45) is 2.23. The maximum Gasteiger partial charge on any atom is 0.287 e. The molecule has 0 bridgehead atoms. The summed E-state index contributed by atoms with van der Waals surface area (Å²) < 4.78 is 0. The van der Waals surface area contributed by atoms with Crippen LogP contribution in [0.1, 0.15) is 5.56 Å². The second-order valence-corrected chi connectivity index (χ2v) is 4.03. The average molecular weight is 303 g/mol. The van der Waals surface area contributed by atoms with Crippen molar-refractivity contribution in [1.29, 1.82) is 0 Å². The average Bonchev–Trinajstić information content (AvgIpc) is 2.49. The van der Waals surface area contributed by atoms with Crippen LogP contribution in [0, 0.1) is 20.2 Å². The number of aromatic nitrogens is 1. The van der Waals surface area contributed by atoms with E-state index in [2.05, 4.69) is 15.5 Å². The Balaban J connectivity index is 2.10. The molecule has 1 aromatic carbocycles. The summed E-state index contributed by atoms with van der Waals surface area (Å²) in [4.78, 5) is 23.7. The lowest BCUT2D eigenvalue weighted by atomic mass is 10.2. The van der Waals surface area contributed by atoms with E-state index in [0.29, 0.717) is 0 Å². The SMILES string of the molecule is O=[N+]([O-])c1ccc(NN=Cc2cc([N+](=O)[O-])ccc2O)nc1. The molecule has 10 heteroatoms. The van der Waals surface area contributed by atoms with Gasteiger partial charge in [-0.25, -0.2) is 4.98 Å². The van der Waals surface area contributed by atoms with Crippen LogP contribution in [-0.4, -0.2) is 26.2 Å². The molecule has 0 aliphatic heterocycles. The molecule has 0 unspecified atom stereocenters. The molecular formula is C12H9N5O5. The fraction of sp³-hybridized carbons (Fsp3) is 0. The molecule has 2 rings (SSSR count). The van der Waals surface area contributed by atoms with Crippen LogP contribution in [0.15, 0.2) is 41.6 Å². The molecule has 0 aliphatic carbocycles. The maximum absolute atomic E-state index is 10.6. The predicted molar refractivity (Wildman–Crippen MR) is 76.9 cm³/mol. The van der Waals surface area contributed by atoms with Crippen molar-refractivity contribution in [3.63, 3.8) is 0 Å². The number of nitrogens with one attached hydrogen (secondary N) is 1. The number of phenols is 1. The Morgan fingerprint density at radius 1 is 1.14 bits per heavy atom. The molecule has 2 aromatic rings. The molecule has 1 heterocycles. The molecule has 112 valence electrons. The van der Waals surface area contributed by atoms with Gasteiger partial charge in [0.2, 0.25) is 0 Å². The molecule has 2 N–H and O–H groups in total. The topological polar surface area (TPSA) is 144 Å². The van der Waals surface area contributed by atoms with E-state index in [1.807, 2.05) is 0 Å². The van der Waals surface area contributed by atoms with Gasteiger partial charge in [-0.05, 0) is 12.1 Å². The fourth-order valence-corrected chi connectivity index (χ4v) is 1.49. The van der Waals surface area contributed by atoms with Gasteiger partial charge in [-0.3, -0.25) is 25.7 Å². The number of pyridine rings is 1. The molecule has 0 amide bonds. The van der Waals surface area contributed by atoms with Gasteiger partial charge in [0.1, 0.15) is 17.8 Å². The molecular weight excluding hydrogens is 294 g/mol. The molecule has 0 aliphatic rings. The molecule has 10 nitrogen and oxygen atoms in total. The summed E-state index contributed by atoms with van der Waals surface area (Å²) in [5.41, 5.74) is 2.28. The molecule has 0 atom stereocenters. The summed E-state index contributed by atoms with van der Waals surface area (Å²) in [6, 6.07) is 6.10. The van der Waals surface area contributed by atoms with Crippen LogP contribution in [-0.2, 0) is 0 Å². The highest BCUT2D eigenvalue weighted by atomic mass is 16.6. The third-order valence-electron chi connectivity index (χ3n) is 2.56. The standard InChI is InChI=1S/C12H9N5O5/c18-11-3-1-9(16(19)20)5-8(11)6-14-15-12-4-2-10(7-13-12)17(21)22/h1-7,18H,(H,13,15). The van der Waals surface area contributed by atoms with Crippen molar-refractivity contribution in [3.8, 4) is 5.75 Å². The molecule has 0 fully saturated rings. The fourth-order valence-electron chi connectivity index (χ4n) is 1.49. The molecule has 0 spiro atoms. The number of hydrogen-bond donors (Lipinski definition) is 2. The Morgan fingerprint density at radius 3 is 2.41 bits per heavy atom. The lowest BCUT2D eigenvalue weighted by Crippen LogP contribution is -1.96. The van der Waals surface area contributed by atoms with E-state index >= 15 is 0 Å². The quantitative estimate of drug-likeness (QED) is 0.488. The first kappa shape index (κ1) is 14.8. The Bertz CT molecular complexity index is 744. The van der Waals surface area contributed by atoms with Crippen molar-refractivity contribution in [2.45, 2.75) is 0 Å². The zero-order chi connectivity index (χ0) is 16.1. The summed E-state index contributed by atoms with van der Waals surface area (Å²) >= 11 is 0. The molecule has 22 heavy (non-hydrogen) atoms. The second-order valence-electron chi connectivity index (χ2n) is 4.03. The number of phenolic OH excluding ortho intramolecular Hbond substituents is 1. The molecule has 1 aromatic heterocycles. The smallest absolute Gasteiger partial charge is 0.287 e. The second kappa shape index (κ2) is 6.26. The highest BCUT2D eigenvalue weighted by molar-refractivity contribution is 5.84. The van der Waals surface area contributed by atoms with E-state index in [4.69, 9.17) is 0 Å². The van der Waals surface area contributed by atoms with Gasteiger partial charge >= 0.3 is 0 Å². The third-order valence-corrected chi connectivity index (χ3v) is 2.56. The van der Waals surface area contributed by atoms with Crippen molar-refractivity contribution in [1.82, 2.24) is 4.98 Å². The first-order chi connectivity index (χ1) is 10.5. The predicted octanol–water partition coefficient (Wildman–Crippen LogP) is 2.05. The summed E-state index contributed by atoms with van der Waals surface area (Å²) in [7, 11) is 0. The van der Waals surface area contributed by atoms with Gasteiger partial charge in [0.05, 0.1) is 16.1 Å². The lowest BCUT2D eigenvalue weighted by Gasteiger charge is -2.00. The van der Waals surface area contributed by atoms with Gasteiger partial charge in [-0.2, -0.15) is 5.10 Å². The van der Waals surface area contributed by atoms with Gasteiger partial charge in [0.15, 0.2) is 0 Å². The number of hydrazone groups is 1. The molecule has 0 saturated carbocycles. The summed E-state index contributed by atoms with van der Waals surface area (Å²) in [5.74, 6) is 0.0691. The lowest BCUT2D eigenvalue weighted by molar-refractivity contribution is -0.385. The van der Waals surface area contributed by atoms with E-state index < -0.39 is 9.85 Å². The number of nitro benzene ring substituents is 1. The summed E-state index contributed by atoms with van der Waals surface area (Å²) in [6.45, 7) is 0. The number of anilines is 1. The van der Waals surface area contributed by atoms with Crippen LogP contribution < -0.4 is 5.43 Å². The highest BCUT2D eigenvalue weighted by Crippen LogP contribution is 2.21. The Labute approximate surface area is 123 Å².